The molecule has 2 fully saturated rings. The van der Waals surface area contributed by atoms with Crippen molar-refractivity contribution in [1.82, 2.24) is 19.8 Å². The second-order valence-electron chi connectivity index (χ2n) is 8.54. The summed E-state index contributed by atoms with van der Waals surface area (Å²) in [6.07, 6.45) is 7.02. The maximum absolute atomic E-state index is 11.6. The lowest BCUT2D eigenvalue weighted by Gasteiger charge is -2.40. The second kappa shape index (κ2) is 10.1. The minimum absolute atomic E-state index is 0.0730. The molecule has 158 valence electrons. The van der Waals surface area contributed by atoms with Crippen molar-refractivity contribution in [2.45, 2.75) is 58.4 Å². The number of guanidine groups is 1. The van der Waals surface area contributed by atoms with Crippen LogP contribution in [0.1, 0.15) is 52.9 Å². The van der Waals surface area contributed by atoms with Crippen LogP contribution in [-0.4, -0.2) is 81.2 Å². The van der Waals surface area contributed by atoms with Crippen molar-refractivity contribution in [3.63, 3.8) is 0 Å². The Kier molecular flexibility index (Phi) is 8.37. The summed E-state index contributed by atoms with van der Waals surface area (Å²) in [5, 5.41) is 6.82. The number of hydrogen-bond donors (Lipinski definition) is 2. The van der Waals surface area contributed by atoms with Gasteiger partial charge in [0, 0.05) is 31.7 Å². The van der Waals surface area contributed by atoms with Crippen molar-refractivity contribution in [1.29, 1.82) is 0 Å². The van der Waals surface area contributed by atoms with Gasteiger partial charge in [-0.3, -0.25) is 9.89 Å². The molecule has 0 aromatic rings. The van der Waals surface area contributed by atoms with E-state index in [1.54, 1.807) is 4.31 Å². The molecule has 2 N–H and O–H groups in total. The highest BCUT2D eigenvalue weighted by Gasteiger charge is 2.28. The van der Waals surface area contributed by atoms with Gasteiger partial charge in [0.25, 0.3) is 0 Å². The first-order chi connectivity index (χ1) is 12.7. The van der Waals surface area contributed by atoms with Crippen LogP contribution in [0.25, 0.3) is 0 Å². The molecule has 0 aromatic heterocycles. The van der Waals surface area contributed by atoms with E-state index >= 15 is 0 Å². The van der Waals surface area contributed by atoms with Gasteiger partial charge in [0.1, 0.15) is 0 Å². The van der Waals surface area contributed by atoms with Gasteiger partial charge >= 0.3 is 0 Å². The molecule has 0 radical (unpaired) electrons. The zero-order chi connectivity index (χ0) is 19.9. The molecular weight excluding hydrogens is 362 g/mol. The third-order valence-corrected chi connectivity index (χ3v) is 7.08. The van der Waals surface area contributed by atoms with E-state index in [9.17, 15) is 8.42 Å². The van der Waals surface area contributed by atoms with Gasteiger partial charge in [-0.05, 0) is 65.5 Å². The molecule has 2 aliphatic rings. The van der Waals surface area contributed by atoms with Crippen LogP contribution < -0.4 is 10.6 Å². The van der Waals surface area contributed by atoms with E-state index in [1.807, 2.05) is 0 Å². The highest BCUT2D eigenvalue weighted by Crippen LogP contribution is 2.21. The van der Waals surface area contributed by atoms with E-state index in [-0.39, 0.29) is 5.54 Å². The predicted octanol–water partition coefficient (Wildman–Crippen LogP) is 1.48. The number of nitrogens with zero attached hydrogens (tertiary/aromatic N) is 3. The van der Waals surface area contributed by atoms with Gasteiger partial charge in [-0.25, -0.2) is 12.7 Å². The standard InChI is InChI=1S/C19H39N5O2S/c1-5-20-18(22-16-19(2,3)23-11-7-6-8-12-23)21-15-17-9-13-24(14-10-17)27(4,25)26/h17H,5-16H2,1-4H3,(H2,20,21,22). The van der Waals surface area contributed by atoms with E-state index in [0.717, 1.165) is 38.4 Å². The van der Waals surface area contributed by atoms with Crippen LogP contribution >= 0.6 is 0 Å². The molecule has 7 nitrogen and oxygen atoms in total. The van der Waals surface area contributed by atoms with Crippen molar-refractivity contribution in [2.75, 3.05) is 52.1 Å². The lowest BCUT2D eigenvalue weighted by atomic mass is 9.98. The minimum atomic E-state index is -3.05. The van der Waals surface area contributed by atoms with Crippen LogP contribution in [0, 0.1) is 5.92 Å². The van der Waals surface area contributed by atoms with Crippen molar-refractivity contribution < 1.29 is 8.42 Å². The molecule has 2 heterocycles. The largest absolute Gasteiger partial charge is 0.357 e. The number of sulfonamides is 1. The second-order valence-corrected chi connectivity index (χ2v) is 10.5. The molecule has 2 saturated heterocycles. The Morgan fingerprint density at radius 3 is 2.26 bits per heavy atom. The van der Waals surface area contributed by atoms with Crippen molar-refractivity contribution >= 4 is 16.0 Å². The monoisotopic (exact) mass is 401 g/mol. The maximum Gasteiger partial charge on any atom is 0.211 e. The zero-order valence-corrected chi connectivity index (χ0v) is 18.4. The number of aliphatic imine (C=N–C) groups is 1. The van der Waals surface area contributed by atoms with Gasteiger partial charge in [0.05, 0.1) is 12.8 Å². The van der Waals surface area contributed by atoms with Gasteiger partial charge in [-0.15, -0.1) is 0 Å². The first-order valence-electron chi connectivity index (χ1n) is 10.4. The zero-order valence-electron chi connectivity index (χ0n) is 17.6. The molecule has 2 rings (SSSR count). The summed E-state index contributed by atoms with van der Waals surface area (Å²) in [5.74, 6) is 1.36. The molecule has 0 saturated carbocycles. The Morgan fingerprint density at radius 1 is 1.07 bits per heavy atom. The van der Waals surface area contributed by atoms with Gasteiger partial charge < -0.3 is 10.6 Å². The van der Waals surface area contributed by atoms with Crippen LogP contribution in [0.2, 0.25) is 0 Å². The third-order valence-electron chi connectivity index (χ3n) is 5.78. The Bertz CT molecular complexity index is 577. The number of piperidine rings is 2. The molecule has 0 bridgehead atoms. The van der Waals surface area contributed by atoms with Crippen LogP contribution in [0.4, 0.5) is 0 Å². The smallest absolute Gasteiger partial charge is 0.211 e. The summed E-state index contributed by atoms with van der Waals surface area (Å²) in [4.78, 5) is 7.41. The van der Waals surface area contributed by atoms with Crippen LogP contribution in [0.3, 0.4) is 0 Å². The van der Waals surface area contributed by atoms with E-state index in [4.69, 9.17) is 4.99 Å². The van der Waals surface area contributed by atoms with Crippen LogP contribution in [0.15, 0.2) is 4.99 Å². The maximum atomic E-state index is 11.6. The van der Waals surface area contributed by atoms with Crippen molar-refractivity contribution in [3.05, 3.63) is 0 Å². The number of rotatable bonds is 7. The van der Waals surface area contributed by atoms with E-state index in [2.05, 4.69) is 36.3 Å². The highest BCUT2D eigenvalue weighted by molar-refractivity contribution is 7.88. The molecule has 0 unspecified atom stereocenters. The summed E-state index contributed by atoms with van der Waals surface area (Å²) in [5.41, 5.74) is 0.0730. The number of hydrogen-bond acceptors (Lipinski definition) is 4. The van der Waals surface area contributed by atoms with E-state index in [1.165, 1.54) is 38.6 Å². The molecule has 27 heavy (non-hydrogen) atoms. The fraction of sp³-hybridized carbons (Fsp3) is 0.947. The molecule has 0 aromatic carbocycles. The summed E-state index contributed by atoms with van der Waals surface area (Å²) in [6.45, 7) is 12.7. The normalized spacial score (nSPS) is 22.0. The fourth-order valence-corrected chi connectivity index (χ4v) is 4.77. The lowest BCUT2D eigenvalue weighted by molar-refractivity contribution is 0.102. The molecular formula is C19H39N5O2S. The van der Waals surface area contributed by atoms with Gasteiger partial charge in [0.2, 0.25) is 10.0 Å². The predicted molar refractivity (Wildman–Crippen MR) is 113 cm³/mol. The summed E-state index contributed by atoms with van der Waals surface area (Å²) >= 11 is 0. The van der Waals surface area contributed by atoms with Crippen LogP contribution in [-0.2, 0) is 10.0 Å². The Morgan fingerprint density at radius 2 is 1.70 bits per heavy atom. The molecule has 0 atom stereocenters. The summed E-state index contributed by atoms with van der Waals surface area (Å²) in [6, 6.07) is 0. The quantitative estimate of drug-likeness (QED) is 0.499. The molecule has 0 spiro atoms. The molecule has 0 amide bonds. The SMILES string of the molecule is CCNC(=NCC(C)(C)N1CCCCC1)NCC1CCN(S(C)(=O)=O)CC1. The van der Waals surface area contributed by atoms with Gasteiger partial charge in [-0.1, -0.05) is 6.42 Å². The molecule has 8 heteroatoms. The average molecular weight is 402 g/mol. The number of likely N-dealkylation sites (tertiary alicyclic amines) is 1. The summed E-state index contributed by atoms with van der Waals surface area (Å²) < 4.78 is 24.8. The van der Waals surface area contributed by atoms with Gasteiger partial charge in [0.15, 0.2) is 5.96 Å². The fourth-order valence-electron chi connectivity index (χ4n) is 3.90. The first kappa shape index (κ1) is 22.4. The third kappa shape index (κ3) is 7.23. The van der Waals surface area contributed by atoms with E-state index < -0.39 is 10.0 Å². The molecule has 2 aliphatic heterocycles. The first-order valence-corrected chi connectivity index (χ1v) is 12.3. The van der Waals surface area contributed by atoms with Gasteiger partial charge in [-0.2, -0.15) is 0 Å². The Labute approximate surface area is 166 Å². The van der Waals surface area contributed by atoms with Crippen LogP contribution in [0.5, 0.6) is 0 Å². The molecule has 0 aliphatic carbocycles. The summed E-state index contributed by atoms with van der Waals surface area (Å²) in [7, 11) is -3.05. The average Bonchev–Trinajstić information content (AvgIpc) is 2.64. The van der Waals surface area contributed by atoms with Crippen molar-refractivity contribution in [3.8, 4) is 0 Å². The van der Waals surface area contributed by atoms with E-state index in [0.29, 0.717) is 19.0 Å². The Hall–Kier alpha value is -0.860. The van der Waals surface area contributed by atoms with Crippen molar-refractivity contribution in [2.24, 2.45) is 10.9 Å². The highest BCUT2D eigenvalue weighted by atomic mass is 32.2. The lowest BCUT2D eigenvalue weighted by Crippen LogP contribution is -2.50. The number of nitrogens with one attached hydrogen (secondary N) is 2. The minimum Gasteiger partial charge on any atom is -0.357 e. The topological polar surface area (TPSA) is 77.0 Å². The Balaban J connectivity index is 1.83.